The average molecular weight is 483 g/mol. The van der Waals surface area contributed by atoms with Crippen molar-refractivity contribution in [1.29, 1.82) is 0 Å². The standard InChI is InChI=1S/C25H31ClN6O2/c1-15-9-17-11-27-24(30-21-12-28-32(23(21)26)18-3-4-18)29-20(17)10-19(15)16-5-7-31(8-6-16)25(2)14-34-13-22(25)33/h9-12,16,18,22,33H,3-8,13-14H2,1-2H3,(H,27,29,30)/t22?,25-/m1/s1. The Balaban J connectivity index is 1.21. The molecular formula is C25H31ClN6O2. The van der Waals surface area contributed by atoms with Gasteiger partial charge in [0.25, 0.3) is 0 Å². The number of likely N-dealkylation sites (tertiary alicyclic amines) is 1. The van der Waals surface area contributed by atoms with Crippen LogP contribution in [0.3, 0.4) is 0 Å². The zero-order valence-corrected chi connectivity index (χ0v) is 20.4. The van der Waals surface area contributed by atoms with Crippen molar-refractivity contribution in [2.24, 2.45) is 0 Å². The summed E-state index contributed by atoms with van der Waals surface area (Å²) in [4.78, 5) is 11.7. The summed E-state index contributed by atoms with van der Waals surface area (Å²) < 4.78 is 7.43. The maximum Gasteiger partial charge on any atom is 0.227 e. The molecule has 8 nitrogen and oxygen atoms in total. The molecule has 3 aromatic rings. The molecule has 1 aliphatic carbocycles. The number of halogens is 1. The highest BCUT2D eigenvalue weighted by molar-refractivity contribution is 6.32. The smallest absolute Gasteiger partial charge is 0.227 e. The lowest BCUT2D eigenvalue weighted by molar-refractivity contribution is -0.00214. The van der Waals surface area contributed by atoms with Gasteiger partial charge in [-0.3, -0.25) is 4.90 Å². The molecule has 3 aliphatic rings. The van der Waals surface area contributed by atoms with E-state index in [1.54, 1.807) is 6.20 Å². The number of rotatable bonds is 5. The predicted molar refractivity (Wildman–Crippen MR) is 132 cm³/mol. The number of hydrogen-bond acceptors (Lipinski definition) is 7. The van der Waals surface area contributed by atoms with Gasteiger partial charge in [-0.15, -0.1) is 0 Å². The van der Waals surface area contributed by atoms with Gasteiger partial charge in [0, 0.05) is 11.6 Å². The Kier molecular flexibility index (Phi) is 5.52. The molecule has 0 radical (unpaired) electrons. The molecular weight excluding hydrogens is 452 g/mol. The van der Waals surface area contributed by atoms with Gasteiger partial charge >= 0.3 is 0 Å². The number of aromatic nitrogens is 4. The fraction of sp³-hybridized carbons (Fsp3) is 0.560. The number of benzene rings is 1. The third-order valence-corrected chi connectivity index (χ3v) is 8.26. The number of hydrogen-bond donors (Lipinski definition) is 2. The van der Waals surface area contributed by atoms with Gasteiger partial charge in [-0.1, -0.05) is 11.6 Å². The number of piperidine rings is 1. The van der Waals surface area contributed by atoms with Crippen LogP contribution in [-0.2, 0) is 4.74 Å². The van der Waals surface area contributed by atoms with Crippen LogP contribution in [0.15, 0.2) is 24.5 Å². The van der Waals surface area contributed by atoms with Crippen molar-refractivity contribution >= 4 is 34.1 Å². The van der Waals surface area contributed by atoms with Crippen LogP contribution < -0.4 is 5.32 Å². The van der Waals surface area contributed by atoms with E-state index in [0.717, 1.165) is 55.4 Å². The minimum Gasteiger partial charge on any atom is -0.389 e. The van der Waals surface area contributed by atoms with Crippen LogP contribution in [-0.4, -0.2) is 67.7 Å². The molecule has 0 spiro atoms. The van der Waals surface area contributed by atoms with Crippen LogP contribution in [0.2, 0.25) is 5.15 Å². The van der Waals surface area contributed by atoms with E-state index in [0.29, 0.717) is 36.3 Å². The third kappa shape index (κ3) is 3.86. The number of nitrogens with one attached hydrogen (secondary N) is 1. The molecule has 3 fully saturated rings. The monoisotopic (exact) mass is 482 g/mol. The zero-order valence-electron chi connectivity index (χ0n) is 19.7. The van der Waals surface area contributed by atoms with Gasteiger partial charge in [0.1, 0.15) is 0 Å². The van der Waals surface area contributed by atoms with Crippen LogP contribution >= 0.6 is 11.6 Å². The first-order valence-electron chi connectivity index (χ1n) is 12.2. The topological polar surface area (TPSA) is 88.3 Å². The van der Waals surface area contributed by atoms with E-state index in [-0.39, 0.29) is 5.54 Å². The summed E-state index contributed by atoms with van der Waals surface area (Å²) in [6, 6.07) is 4.83. The van der Waals surface area contributed by atoms with Gasteiger partial charge in [-0.05, 0) is 81.8 Å². The largest absolute Gasteiger partial charge is 0.389 e. The number of nitrogens with zero attached hydrogens (tertiary/aromatic N) is 5. The Morgan fingerprint density at radius 2 is 1.97 bits per heavy atom. The molecule has 2 atom stereocenters. The second kappa shape index (κ2) is 8.45. The molecule has 2 aliphatic heterocycles. The van der Waals surface area contributed by atoms with Crippen molar-refractivity contribution in [2.75, 3.05) is 31.6 Å². The second-order valence-electron chi connectivity index (χ2n) is 10.3. The van der Waals surface area contributed by atoms with Crippen LogP contribution in [0.5, 0.6) is 0 Å². The Labute approximate surface area is 204 Å². The Hall–Kier alpha value is -2.26. The highest BCUT2D eigenvalue weighted by Gasteiger charge is 2.45. The maximum atomic E-state index is 10.4. The second-order valence-corrected chi connectivity index (χ2v) is 10.6. The zero-order chi connectivity index (χ0) is 23.4. The van der Waals surface area contributed by atoms with E-state index < -0.39 is 6.10 Å². The summed E-state index contributed by atoms with van der Waals surface area (Å²) in [7, 11) is 0. The first kappa shape index (κ1) is 22.2. The average Bonchev–Trinajstić information content (AvgIpc) is 3.54. The molecule has 2 aromatic heterocycles. The molecule has 9 heteroatoms. The Morgan fingerprint density at radius 1 is 1.18 bits per heavy atom. The van der Waals surface area contributed by atoms with Crippen molar-refractivity contribution in [1.82, 2.24) is 24.6 Å². The fourth-order valence-corrected chi connectivity index (χ4v) is 5.77. The molecule has 4 heterocycles. The van der Waals surface area contributed by atoms with Crippen molar-refractivity contribution in [3.8, 4) is 0 Å². The Bertz CT molecular complexity index is 1220. The number of anilines is 2. The van der Waals surface area contributed by atoms with Crippen molar-refractivity contribution < 1.29 is 9.84 Å². The minimum atomic E-state index is -0.418. The van der Waals surface area contributed by atoms with E-state index in [1.807, 2.05) is 10.9 Å². The molecule has 180 valence electrons. The number of ether oxygens (including phenoxy) is 1. The number of fused-ring (bicyclic) bond motifs is 1. The number of aliphatic hydroxyl groups is 1. The first-order valence-corrected chi connectivity index (χ1v) is 12.6. The van der Waals surface area contributed by atoms with Crippen LogP contribution in [0.25, 0.3) is 10.9 Å². The number of aliphatic hydroxyl groups excluding tert-OH is 1. The molecule has 1 aromatic carbocycles. The highest BCUT2D eigenvalue weighted by atomic mass is 35.5. The molecule has 6 rings (SSSR count). The molecule has 1 unspecified atom stereocenters. The summed E-state index contributed by atoms with van der Waals surface area (Å²) in [6.07, 6.45) is 7.56. The van der Waals surface area contributed by atoms with Crippen LogP contribution in [0.1, 0.15) is 55.7 Å². The fourth-order valence-electron chi connectivity index (χ4n) is 5.49. The third-order valence-electron chi connectivity index (χ3n) is 7.89. The van der Waals surface area contributed by atoms with Crippen LogP contribution in [0.4, 0.5) is 11.6 Å². The van der Waals surface area contributed by atoms with Gasteiger partial charge in [-0.25, -0.2) is 14.6 Å². The summed E-state index contributed by atoms with van der Waals surface area (Å²) in [6.45, 7) is 7.25. The normalized spacial score (nSPS) is 26.4. The van der Waals surface area contributed by atoms with Gasteiger partial charge in [-0.2, -0.15) is 5.10 Å². The van der Waals surface area contributed by atoms with E-state index in [1.165, 1.54) is 11.1 Å². The van der Waals surface area contributed by atoms with Crippen molar-refractivity contribution in [3.63, 3.8) is 0 Å². The van der Waals surface area contributed by atoms with Gasteiger partial charge < -0.3 is 15.2 Å². The quantitative estimate of drug-likeness (QED) is 0.563. The molecule has 2 N–H and O–H groups in total. The lowest BCUT2D eigenvalue weighted by atomic mass is 9.84. The van der Waals surface area contributed by atoms with E-state index in [9.17, 15) is 5.11 Å². The molecule has 0 amide bonds. The van der Waals surface area contributed by atoms with Gasteiger partial charge in [0.15, 0.2) is 5.15 Å². The van der Waals surface area contributed by atoms with Gasteiger partial charge in [0.05, 0.1) is 48.3 Å². The summed E-state index contributed by atoms with van der Waals surface area (Å²) >= 11 is 6.51. The highest BCUT2D eigenvalue weighted by Crippen LogP contribution is 2.39. The summed E-state index contributed by atoms with van der Waals surface area (Å²) in [5.74, 6) is 0.999. The first-order chi connectivity index (χ1) is 16.4. The van der Waals surface area contributed by atoms with E-state index in [2.05, 4.69) is 46.3 Å². The molecule has 34 heavy (non-hydrogen) atoms. The van der Waals surface area contributed by atoms with Crippen molar-refractivity contribution in [2.45, 2.75) is 63.1 Å². The number of aryl methyl sites for hydroxylation is 1. The molecule has 0 bridgehead atoms. The SMILES string of the molecule is Cc1cc2cnc(Nc3cnn(C4CC4)c3Cl)nc2cc1C1CCN([C@]2(C)COCC2O)CC1. The minimum absolute atomic E-state index is 0.272. The van der Waals surface area contributed by atoms with E-state index >= 15 is 0 Å². The van der Waals surface area contributed by atoms with Crippen LogP contribution in [0, 0.1) is 6.92 Å². The molecule has 1 saturated carbocycles. The summed E-state index contributed by atoms with van der Waals surface area (Å²) in [5, 5.41) is 19.7. The lowest BCUT2D eigenvalue weighted by Crippen LogP contribution is -2.56. The maximum absolute atomic E-state index is 10.4. The lowest BCUT2D eigenvalue weighted by Gasteiger charge is -2.43. The van der Waals surface area contributed by atoms with Gasteiger partial charge in [0.2, 0.25) is 5.95 Å². The summed E-state index contributed by atoms with van der Waals surface area (Å²) in [5.41, 5.74) is 4.02. The van der Waals surface area contributed by atoms with Crippen molar-refractivity contribution in [3.05, 3.63) is 40.8 Å². The molecule has 2 saturated heterocycles. The van der Waals surface area contributed by atoms with E-state index in [4.69, 9.17) is 21.3 Å². The predicted octanol–water partition coefficient (Wildman–Crippen LogP) is 4.20. The Morgan fingerprint density at radius 3 is 2.68 bits per heavy atom.